The summed E-state index contributed by atoms with van der Waals surface area (Å²) in [4.78, 5) is 25.0. The number of benzene rings is 1. The van der Waals surface area contributed by atoms with Crippen molar-refractivity contribution in [3.05, 3.63) is 18.2 Å². The molecule has 0 radical (unpaired) electrons. The summed E-state index contributed by atoms with van der Waals surface area (Å²) >= 11 is 0. The van der Waals surface area contributed by atoms with Crippen molar-refractivity contribution < 1.29 is 19.1 Å². The molecule has 2 aliphatic carbocycles. The van der Waals surface area contributed by atoms with Gasteiger partial charge in [-0.1, -0.05) is 6.42 Å². The van der Waals surface area contributed by atoms with Gasteiger partial charge in [-0.25, -0.2) is 0 Å². The van der Waals surface area contributed by atoms with Crippen LogP contribution in [0.15, 0.2) is 18.2 Å². The first-order chi connectivity index (χ1) is 12.1. The van der Waals surface area contributed by atoms with Crippen LogP contribution >= 0.6 is 0 Å². The summed E-state index contributed by atoms with van der Waals surface area (Å²) in [5, 5.41) is 3.01. The van der Waals surface area contributed by atoms with E-state index in [0.29, 0.717) is 49.0 Å². The zero-order valence-corrected chi connectivity index (χ0v) is 15.0. The van der Waals surface area contributed by atoms with Crippen LogP contribution in [0.4, 0.5) is 5.69 Å². The molecule has 0 aromatic heterocycles. The molecule has 3 rings (SSSR count). The van der Waals surface area contributed by atoms with Gasteiger partial charge in [0.2, 0.25) is 5.91 Å². The smallest absolute Gasteiger partial charge is 0.227 e. The molecule has 0 aliphatic heterocycles. The molecule has 2 saturated carbocycles. The second kappa shape index (κ2) is 7.89. The summed E-state index contributed by atoms with van der Waals surface area (Å²) < 4.78 is 11.2. The summed E-state index contributed by atoms with van der Waals surface area (Å²) in [6, 6.07) is 5.47. The molecule has 1 N–H and O–H groups in total. The summed E-state index contributed by atoms with van der Waals surface area (Å²) in [5.41, 5.74) is 0.639. The van der Waals surface area contributed by atoms with Gasteiger partial charge in [0.15, 0.2) is 0 Å². The quantitative estimate of drug-likeness (QED) is 0.851. The number of ketones is 1. The van der Waals surface area contributed by atoms with Crippen LogP contribution < -0.4 is 14.8 Å². The molecule has 3 atom stereocenters. The third-order valence-corrected chi connectivity index (χ3v) is 5.24. The van der Waals surface area contributed by atoms with E-state index in [-0.39, 0.29) is 23.7 Å². The minimum absolute atomic E-state index is 0.0148. The first-order valence-corrected chi connectivity index (χ1v) is 9.36. The molecule has 5 heteroatoms. The topological polar surface area (TPSA) is 64.6 Å². The zero-order valence-electron chi connectivity index (χ0n) is 15.0. The van der Waals surface area contributed by atoms with E-state index in [1.54, 1.807) is 6.07 Å². The van der Waals surface area contributed by atoms with Crippen molar-refractivity contribution in [3.63, 3.8) is 0 Å². The number of Topliss-reactive ketones (excluding diaryl/α,β-unsaturated/α-hetero) is 1. The van der Waals surface area contributed by atoms with Crippen LogP contribution in [0.2, 0.25) is 0 Å². The van der Waals surface area contributed by atoms with E-state index in [2.05, 4.69) is 5.32 Å². The average molecular weight is 345 g/mol. The predicted octanol–water partition coefficient (Wildman–Crippen LogP) is 3.82. The van der Waals surface area contributed by atoms with Crippen LogP contribution in [0.1, 0.15) is 46.0 Å². The molecule has 0 saturated heterocycles. The first kappa shape index (κ1) is 17.8. The molecule has 136 valence electrons. The largest absolute Gasteiger partial charge is 0.494 e. The fraction of sp³-hybridized carbons (Fsp3) is 0.600. The lowest BCUT2D eigenvalue weighted by Gasteiger charge is -2.37. The number of fused-ring (bicyclic) bond motifs is 2. The summed E-state index contributed by atoms with van der Waals surface area (Å²) in [6.07, 6.45) is 4.33. The lowest BCUT2D eigenvalue weighted by molar-refractivity contribution is -0.136. The Morgan fingerprint density at radius 2 is 1.80 bits per heavy atom. The number of nitrogens with one attached hydrogen (secondary N) is 1. The highest BCUT2D eigenvalue weighted by Crippen LogP contribution is 2.41. The number of amides is 1. The van der Waals surface area contributed by atoms with E-state index in [4.69, 9.17) is 9.47 Å². The van der Waals surface area contributed by atoms with E-state index in [1.165, 1.54) is 0 Å². The fourth-order valence-corrected chi connectivity index (χ4v) is 4.07. The molecular weight excluding hydrogens is 318 g/mol. The first-order valence-electron chi connectivity index (χ1n) is 9.36. The van der Waals surface area contributed by atoms with E-state index in [9.17, 15) is 9.59 Å². The summed E-state index contributed by atoms with van der Waals surface area (Å²) in [7, 11) is 0. The Labute approximate surface area is 149 Å². The molecule has 0 heterocycles. The van der Waals surface area contributed by atoms with Gasteiger partial charge in [0, 0.05) is 23.8 Å². The highest BCUT2D eigenvalue weighted by atomic mass is 16.5. The number of ether oxygens (including phenoxy) is 2. The number of anilines is 1. The Morgan fingerprint density at radius 1 is 1.12 bits per heavy atom. The summed E-state index contributed by atoms with van der Waals surface area (Å²) in [6.45, 7) is 4.93. The molecule has 2 fully saturated rings. The lowest BCUT2D eigenvalue weighted by Crippen LogP contribution is -2.40. The van der Waals surface area contributed by atoms with Crippen LogP contribution in [0.25, 0.3) is 0 Å². The molecule has 2 bridgehead atoms. The highest BCUT2D eigenvalue weighted by Gasteiger charge is 2.41. The van der Waals surface area contributed by atoms with Crippen molar-refractivity contribution in [3.8, 4) is 11.5 Å². The molecule has 0 spiro atoms. The van der Waals surface area contributed by atoms with Gasteiger partial charge in [0.1, 0.15) is 17.3 Å². The van der Waals surface area contributed by atoms with Crippen molar-refractivity contribution in [1.82, 2.24) is 0 Å². The number of carbonyl (C=O) groups excluding carboxylic acids is 2. The number of carbonyl (C=O) groups is 2. The summed E-state index contributed by atoms with van der Waals surface area (Å²) in [5.74, 6) is 1.76. The molecule has 25 heavy (non-hydrogen) atoms. The van der Waals surface area contributed by atoms with Gasteiger partial charge < -0.3 is 14.8 Å². The molecule has 5 nitrogen and oxygen atoms in total. The Bertz CT molecular complexity index is 627. The Kier molecular flexibility index (Phi) is 5.61. The minimum atomic E-state index is -0.0989. The van der Waals surface area contributed by atoms with Crippen molar-refractivity contribution >= 4 is 17.4 Å². The standard InChI is InChI=1S/C20H27NO4/c1-3-24-16-8-9-18(25-4-2)17(12-16)21-20(23)15-10-13-6-5-7-14(11-15)19(13)22/h8-9,12-15H,3-7,10-11H2,1-2H3,(H,21,23)/t13-,14+,15?. The molecule has 1 aromatic carbocycles. The molecule has 1 aromatic rings. The van der Waals surface area contributed by atoms with Gasteiger partial charge in [0.25, 0.3) is 0 Å². The van der Waals surface area contributed by atoms with Gasteiger partial charge in [-0.2, -0.15) is 0 Å². The SMILES string of the molecule is CCOc1ccc(OCC)c(NC(=O)C2C[C@H]3CCC[C@@H](C2)C3=O)c1. The van der Waals surface area contributed by atoms with Crippen LogP contribution in [0.3, 0.4) is 0 Å². The van der Waals surface area contributed by atoms with E-state index in [0.717, 1.165) is 19.3 Å². The van der Waals surface area contributed by atoms with Crippen molar-refractivity contribution in [1.29, 1.82) is 0 Å². The number of rotatable bonds is 6. The highest BCUT2D eigenvalue weighted by molar-refractivity contribution is 5.96. The Balaban J connectivity index is 1.73. The van der Waals surface area contributed by atoms with Crippen LogP contribution in [0.5, 0.6) is 11.5 Å². The number of hydrogen-bond acceptors (Lipinski definition) is 4. The van der Waals surface area contributed by atoms with E-state index < -0.39 is 0 Å². The third-order valence-electron chi connectivity index (χ3n) is 5.24. The van der Waals surface area contributed by atoms with Crippen LogP contribution in [-0.2, 0) is 9.59 Å². The maximum absolute atomic E-state index is 12.8. The normalized spacial score (nSPS) is 25.4. The lowest BCUT2D eigenvalue weighted by atomic mass is 9.67. The van der Waals surface area contributed by atoms with Crippen molar-refractivity contribution in [2.45, 2.75) is 46.0 Å². The van der Waals surface area contributed by atoms with Crippen molar-refractivity contribution in [2.24, 2.45) is 17.8 Å². The second-order valence-electron chi connectivity index (χ2n) is 6.91. The van der Waals surface area contributed by atoms with Gasteiger partial charge in [-0.05, 0) is 51.7 Å². The second-order valence-corrected chi connectivity index (χ2v) is 6.91. The van der Waals surface area contributed by atoms with Crippen LogP contribution in [0, 0.1) is 17.8 Å². The molecule has 2 aliphatic rings. The van der Waals surface area contributed by atoms with Gasteiger partial charge in [-0.3, -0.25) is 9.59 Å². The van der Waals surface area contributed by atoms with Crippen LogP contribution in [-0.4, -0.2) is 24.9 Å². The van der Waals surface area contributed by atoms with Crippen molar-refractivity contribution in [2.75, 3.05) is 18.5 Å². The predicted molar refractivity (Wildman–Crippen MR) is 96.0 cm³/mol. The minimum Gasteiger partial charge on any atom is -0.494 e. The van der Waals surface area contributed by atoms with E-state index in [1.807, 2.05) is 26.0 Å². The molecular formula is C20H27NO4. The maximum Gasteiger partial charge on any atom is 0.227 e. The van der Waals surface area contributed by atoms with Gasteiger partial charge in [-0.15, -0.1) is 0 Å². The Hall–Kier alpha value is -2.04. The number of hydrogen-bond donors (Lipinski definition) is 1. The van der Waals surface area contributed by atoms with Gasteiger partial charge >= 0.3 is 0 Å². The molecule has 1 unspecified atom stereocenters. The Morgan fingerprint density at radius 3 is 2.44 bits per heavy atom. The fourth-order valence-electron chi connectivity index (χ4n) is 4.07. The van der Waals surface area contributed by atoms with E-state index >= 15 is 0 Å². The average Bonchev–Trinajstić information content (AvgIpc) is 2.57. The molecule has 1 amide bonds. The van der Waals surface area contributed by atoms with Gasteiger partial charge in [0.05, 0.1) is 18.9 Å². The maximum atomic E-state index is 12.8. The zero-order chi connectivity index (χ0) is 17.8. The monoisotopic (exact) mass is 345 g/mol. The third kappa shape index (κ3) is 3.97.